The Labute approximate surface area is 227 Å². The van der Waals surface area contributed by atoms with Crippen molar-refractivity contribution < 1.29 is 49.5 Å². The van der Waals surface area contributed by atoms with E-state index in [1.165, 1.54) is 29.2 Å². The molecule has 0 unspecified atom stereocenters. The Bertz CT molecular complexity index is 1540. The summed E-state index contributed by atoms with van der Waals surface area (Å²) >= 11 is 0. The highest BCUT2D eigenvalue weighted by Crippen LogP contribution is 2.36. The zero-order valence-corrected chi connectivity index (χ0v) is 22.3. The molecule has 2 aromatic rings. The van der Waals surface area contributed by atoms with Gasteiger partial charge in [0, 0.05) is 25.6 Å². The highest BCUT2D eigenvalue weighted by atomic mass is 32.2. The monoisotopic (exact) mass is 603 g/mol. The summed E-state index contributed by atoms with van der Waals surface area (Å²) in [5.74, 6) is -1.32. The van der Waals surface area contributed by atoms with Crippen LogP contribution in [0.5, 0.6) is 0 Å². The first-order valence-electron chi connectivity index (χ1n) is 12.0. The van der Waals surface area contributed by atoms with E-state index in [-0.39, 0.29) is 43.7 Å². The van der Waals surface area contributed by atoms with Crippen LogP contribution in [-0.2, 0) is 35.6 Å². The Kier molecular flexibility index (Phi) is 7.97. The topological polar surface area (TPSA) is 158 Å². The van der Waals surface area contributed by atoms with Crippen molar-refractivity contribution in [2.75, 3.05) is 13.1 Å². The number of carbonyl (C=O) groups is 3. The molecule has 2 N–H and O–H groups in total. The van der Waals surface area contributed by atoms with E-state index in [4.69, 9.17) is 0 Å². The average Bonchev–Trinajstić information content (AvgIpc) is 3.29. The largest absolute Gasteiger partial charge is 0.465 e. The van der Waals surface area contributed by atoms with Crippen LogP contribution in [0.1, 0.15) is 31.2 Å². The van der Waals surface area contributed by atoms with Crippen LogP contribution >= 0.6 is 0 Å². The molecule has 16 heteroatoms. The molecule has 2 aromatic carbocycles. The molecule has 11 nitrogen and oxygen atoms in total. The summed E-state index contributed by atoms with van der Waals surface area (Å²) in [5, 5.41) is 9.23. The number of benzene rings is 2. The van der Waals surface area contributed by atoms with Crippen molar-refractivity contribution in [3.63, 3.8) is 0 Å². The minimum atomic E-state index is -5.11. The van der Waals surface area contributed by atoms with Gasteiger partial charge in [-0.15, -0.1) is 0 Å². The Morgan fingerprint density at radius 2 is 1.55 bits per heavy atom. The summed E-state index contributed by atoms with van der Waals surface area (Å²) in [6, 6.07) is 6.31. The second-order valence-corrected chi connectivity index (χ2v) is 12.9. The van der Waals surface area contributed by atoms with Crippen LogP contribution in [0.4, 0.5) is 18.0 Å². The van der Waals surface area contributed by atoms with E-state index in [0.29, 0.717) is 23.1 Å². The van der Waals surface area contributed by atoms with E-state index in [2.05, 4.69) is 4.72 Å². The molecule has 0 aliphatic carbocycles. The molecule has 2 saturated heterocycles. The molecular formula is C24H24F3N3O8S2. The minimum Gasteiger partial charge on any atom is -0.465 e. The van der Waals surface area contributed by atoms with Gasteiger partial charge in [0.05, 0.1) is 20.2 Å². The number of rotatable bonds is 6. The van der Waals surface area contributed by atoms with Gasteiger partial charge in [0.25, 0.3) is 0 Å². The molecule has 0 bridgehead atoms. The molecule has 0 aromatic heterocycles. The Hall–Kier alpha value is -3.50. The first-order valence-corrected chi connectivity index (χ1v) is 15.0. The van der Waals surface area contributed by atoms with Crippen LogP contribution < -0.4 is 4.72 Å². The van der Waals surface area contributed by atoms with Crippen LogP contribution in [0.25, 0.3) is 0 Å². The number of alkyl halides is 3. The fourth-order valence-electron chi connectivity index (χ4n) is 4.73. The van der Waals surface area contributed by atoms with E-state index >= 15 is 0 Å². The van der Waals surface area contributed by atoms with Crippen molar-refractivity contribution in [2.45, 2.75) is 58.6 Å². The molecule has 216 valence electrons. The number of hydrogen-bond donors (Lipinski definition) is 2. The van der Waals surface area contributed by atoms with Crippen molar-refractivity contribution in [3.8, 4) is 0 Å². The van der Waals surface area contributed by atoms with Crippen LogP contribution in [0.2, 0.25) is 0 Å². The molecular weight excluding hydrogens is 579 g/mol. The number of amides is 3. The molecule has 40 heavy (non-hydrogen) atoms. The normalized spacial score (nSPS) is 19.2. The summed E-state index contributed by atoms with van der Waals surface area (Å²) in [6.07, 6.45) is -6.78. The molecule has 0 saturated carbocycles. The summed E-state index contributed by atoms with van der Waals surface area (Å²) in [6.45, 7) is -0.0859. The van der Waals surface area contributed by atoms with Gasteiger partial charge in [0.1, 0.15) is 6.04 Å². The Balaban J connectivity index is 1.54. The van der Waals surface area contributed by atoms with Gasteiger partial charge >= 0.3 is 12.3 Å². The highest BCUT2D eigenvalue weighted by Gasteiger charge is 2.43. The van der Waals surface area contributed by atoms with E-state index in [9.17, 15) is 49.5 Å². The van der Waals surface area contributed by atoms with Gasteiger partial charge in [0.15, 0.2) is 0 Å². The summed E-state index contributed by atoms with van der Waals surface area (Å²) in [5.41, 5.74) is -1.54. The second-order valence-electron chi connectivity index (χ2n) is 9.29. The van der Waals surface area contributed by atoms with Gasteiger partial charge in [-0.2, -0.15) is 13.2 Å². The second kappa shape index (κ2) is 10.8. The Morgan fingerprint density at radius 3 is 2.12 bits per heavy atom. The zero-order valence-electron chi connectivity index (χ0n) is 20.7. The number of likely N-dealkylation sites (tertiary alicyclic amines) is 2. The number of piperidine rings is 1. The third-order valence-corrected chi connectivity index (χ3v) is 10.1. The van der Waals surface area contributed by atoms with Crippen LogP contribution in [0, 0.1) is 0 Å². The van der Waals surface area contributed by atoms with Crippen molar-refractivity contribution >= 4 is 37.8 Å². The number of carboxylic acid groups (broad SMARTS) is 1. The third kappa shape index (κ3) is 5.83. The molecule has 2 fully saturated rings. The third-order valence-electron chi connectivity index (χ3n) is 6.74. The molecule has 0 spiro atoms. The van der Waals surface area contributed by atoms with Crippen LogP contribution in [0.15, 0.2) is 63.2 Å². The lowest BCUT2D eigenvalue weighted by Gasteiger charge is -2.34. The van der Waals surface area contributed by atoms with Crippen LogP contribution in [0.3, 0.4) is 0 Å². The molecule has 2 aliphatic heterocycles. The number of imide groups is 1. The van der Waals surface area contributed by atoms with Gasteiger partial charge in [-0.05, 0) is 49.6 Å². The summed E-state index contributed by atoms with van der Waals surface area (Å²) < 4.78 is 95.7. The van der Waals surface area contributed by atoms with E-state index in [1.54, 1.807) is 6.07 Å². The van der Waals surface area contributed by atoms with E-state index in [1.807, 2.05) is 0 Å². The van der Waals surface area contributed by atoms with Crippen molar-refractivity contribution in [1.82, 2.24) is 14.5 Å². The van der Waals surface area contributed by atoms with Gasteiger partial charge in [-0.1, -0.05) is 18.2 Å². The number of halogens is 3. The van der Waals surface area contributed by atoms with Crippen molar-refractivity contribution in [3.05, 3.63) is 54.1 Å². The fraction of sp³-hybridized carbons (Fsp3) is 0.375. The molecule has 1 atom stereocenters. The number of sulfone groups is 1. The Morgan fingerprint density at radius 1 is 0.925 bits per heavy atom. The van der Waals surface area contributed by atoms with E-state index < -0.39 is 71.4 Å². The fourth-order valence-corrected chi connectivity index (χ4v) is 7.67. The quantitative estimate of drug-likeness (QED) is 0.510. The van der Waals surface area contributed by atoms with E-state index in [0.717, 1.165) is 0 Å². The SMILES string of the molecule is O=C([C@@H]1CCC(=O)N1C(=O)O)N1CCC(NS(=O)(=O)c2cc(S(=O)(=O)c3ccccc3)ccc2C(F)(F)F)CC1. The molecule has 4 rings (SSSR count). The lowest BCUT2D eigenvalue weighted by molar-refractivity contribution is -0.140. The number of nitrogens with zero attached hydrogens (tertiary/aromatic N) is 2. The smallest absolute Gasteiger partial charge is 0.417 e. The van der Waals surface area contributed by atoms with Crippen LogP contribution in [-0.4, -0.2) is 74.8 Å². The maximum atomic E-state index is 13.8. The lowest BCUT2D eigenvalue weighted by Crippen LogP contribution is -2.53. The maximum Gasteiger partial charge on any atom is 0.417 e. The van der Waals surface area contributed by atoms with Crippen molar-refractivity contribution in [2.24, 2.45) is 0 Å². The first kappa shape index (κ1) is 29.5. The summed E-state index contributed by atoms with van der Waals surface area (Å²) in [4.78, 5) is 35.6. The van der Waals surface area contributed by atoms with Gasteiger partial charge in [-0.25, -0.2) is 31.3 Å². The highest BCUT2D eigenvalue weighted by molar-refractivity contribution is 7.91. The molecule has 0 radical (unpaired) electrons. The zero-order chi connectivity index (χ0) is 29.5. The number of hydrogen-bond acceptors (Lipinski definition) is 7. The minimum absolute atomic E-state index is 0.0118. The molecule has 3 amide bonds. The predicted molar refractivity (Wildman–Crippen MR) is 131 cm³/mol. The molecule has 2 heterocycles. The van der Waals surface area contributed by atoms with Crippen molar-refractivity contribution in [1.29, 1.82) is 0 Å². The van der Waals surface area contributed by atoms with Gasteiger partial charge < -0.3 is 10.0 Å². The lowest BCUT2D eigenvalue weighted by atomic mass is 10.0. The number of nitrogens with one attached hydrogen (secondary N) is 1. The first-order chi connectivity index (χ1) is 18.6. The number of sulfonamides is 1. The predicted octanol–water partition coefficient (Wildman–Crippen LogP) is 2.48. The summed E-state index contributed by atoms with van der Waals surface area (Å²) in [7, 11) is -9.22. The van der Waals surface area contributed by atoms with Gasteiger partial charge in [0.2, 0.25) is 31.7 Å². The standard InChI is InChI=1S/C24H24F3N3O8S2/c25-24(26,27)18-7-6-17(39(35,36)16-4-2-1-3-5-16)14-20(18)40(37,38)28-15-10-12-29(13-11-15)22(32)19-8-9-21(31)30(19)23(33)34/h1-7,14-15,19,28H,8-13H2,(H,33,34)/t19-/m0/s1. The maximum absolute atomic E-state index is 13.8. The average molecular weight is 604 g/mol. The number of carbonyl (C=O) groups excluding carboxylic acids is 2. The van der Waals surface area contributed by atoms with Gasteiger partial charge in [-0.3, -0.25) is 9.59 Å². The molecule has 2 aliphatic rings.